The van der Waals surface area contributed by atoms with Gasteiger partial charge in [-0.15, -0.1) is 0 Å². The fraction of sp³-hybridized carbons (Fsp3) is 0.533. The lowest BCUT2D eigenvalue weighted by molar-refractivity contribution is 0.0975. The first kappa shape index (κ1) is 16.6. The molecule has 1 heterocycles. The zero-order valence-corrected chi connectivity index (χ0v) is 14.3. The summed E-state index contributed by atoms with van der Waals surface area (Å²) < 4.78 is 24.0. The molecule has 21 heavy (non-hydrogen) atoms. The molecule has 0 atom stereocenters. The molecule has 0 radical (unpaired) electrons. The monoisotopic (exact) mass is 373 g/mol. The molecule has 0 aliphatic carbocycles. The van der Waals surface area contributed by atoms with Crippen molar-refractivity contribution in [2.24, 2.45) is 0 Å². The summed E-state index contributed by atoms with van der Waals surface area (Å²) in [5.41, 5.74) is 0.733. The van der Waals surface area contributed by atoms with E-state index in [0.29, 0.717) is 25.1 Å². The number of nitrogens with zero attached hydrogens (tertiary/aromatic N) is 1. The van der Waals surface area contributed by atoms with E-state index >= 15 is 0 Å². The van der Waals surface area contributed by atoms with Gasteiger partial charge < -0.3 is 4.90 Å². The van der Waals surface area contributed by atoms with Crippen molar-refractivity contribution in [2.45, 2.75) is 19.3 Å². The van der Waals surface area contributed by atoms with Gasteiger partial charge in [-0.1, -0.05) is 28.1 Å². The lowest BCUT2D eigenvalue weighted by Gasteiger charge is -2.18. The Morgan fingerprint density at radius 1 is 1.14 bits per heavy atom. The van der Waals surface area contributed by atoms with Gasteiger partial charge in [-0.25, -0.2) is 8.42 Å². The van der Waals surface area contributed by atoms with E-state index in [9.17, 15) is 13.2 Å². The minimum Gasteiger partial charge on any atom is -0.302 e. The van der Waals surface area contributed by atoms with Gasteiger partial charge >= 0.3 is 0 Å². The van der Waals surface area contributed by atoms with Gasteiger partial charge in [0, 0.05) is 23.0 Å². The number of rotatable bonds is 5. The maximum atomic E-state index is 12.0. The molecule has 6 heteroatoms. The highest BCUT2D eigenvalue weighted by molar-refractivity contribution is 9.10. The number of benzene rings is 1. The third kappa shape index (κ3) is 5.52. The Morgan fingerprint density at radius 3 is 2.57 bits per heavy atom. The topological polar surface area (TPSA) is 54.5 Å². The molecule has 1 aliphatic rings. The molecule has 4 nitrogen and oxygen atoms in total. The van der Waals surface area contributed by atoms with Gasteiger partial charge in [0.2, 0.25) is 0 Å². The van der Waals surface area contributed by atoms with Crippen molar-refractivity contribution < 1.29 is 13.2 Å². The second-order valence-corrected chi connectivity index (χ2v) is 8.60. The van der Waals surface area contributed by atoms with Crippen molar-refractivity contribution in [3.8, 4) is 0 Å². The summed E-state index contributed by atoms with van der Waals surface area (Å²) in [5.74, 6) is 0.680. The second kappa shape index (κ2) is 7.51. The Kier molecular flexibility index (Phi) is 5.96. The molecule has 0 saturated carbocycles. The van der Waals surface area contributed by atoms with Gasteiger partial charge in [-0.3, -0.25) is 4.79 Å². The first-order valence-electron chi connectivity index (χ1n) is 7.18. The Labute approximate surface area is 134 Å². The molecule has 0 spiro atoms. The summed E-state index contributed by atoms with van der Waals surface area (Å²) >= 11 is 3.35. The fourth-order valence-corrected chi connectivity index (χ4v) is 4.03. The third-order valence-electron chi connectivity index (χ3n) is 3.69. The average Bonchev–Trinajstić information content (AvgIpc) is 2.61. The zero-order chi connectivity index (χ0) is 15.3. The van der Waals surface area contributed by atoms with Crippen LogP contribution < -0.4 is 0 Å². The van der Waals surface area contributed by atoms with Crippen LogP contribution in [0.15, 0.2) is 28.7 Å². The largest absolute Gasteiger partial charge is 0.302 e. The number of hydrogen-bond donors (Lipinski definition) is 0. The van der Waals surface area contributed by atoms with Gasteiger partial charge in [-0.05, 0) is 38.1 Å². The van der Waals surface area contributed by atoms with E-state index in [1.54, 1.807) is 0 Å². The van der Waals surface area contributed by atoms with Crippen LogP contribution in [0.3, 0.4) is 0 Å². The number of Topliss-reactive ketones (excluding diaryl/α,β-unsaturated/α-hetero) is 1. The highest BCUT2D eigenvalue weighted by Gasteiger charge is 2.18. The number of carbonyl (C=O) groups excluding carboxylic acids is 1. The quantitative estimate of drug-likeness (QED) is 0.744. The van der Waals surface area contributed by atoms with E-state index < -0.39 is 9.84 Å². The molecular weight excluding hydrogens is 354 g/mol. The van der Waals surface area contributed by atoms with Crippen molar-refractivity contribution in [3.63, 3.8) is 0 Å². The Hall–Kier alpha value is -0.720. The number of hydrogen-bond acceptors (Lipinski definition) is 4. The van der Waals surface area contributed by atoms with E-state index in [4.69, 9.17) is 0 Å². The Bertz CT molecular complexity index is 583. The fourth-order valence-electron chi connectivity index (χ4n) is 2.46. The maximum absolute atomic E-state index is 12.0. The zero-order valence-electron chi connectivity index (χ0n) is 11.9. The number of carbonyl (C=O) groups is 1. The highest BCUT2D eigenvalue weighted by Crippen LogP contribution is 2.13. The van der Waals surface area contributed by atoms with E-state index in [1.807, 2.05) is 24.3 Å². The normalized spacial score (nSPS) is 19.1. The molecule has 116 valence electrons. The first-order valence-corrected chi connectivity index (χ1v) is 9.79. The van der Waals surface area contributed by atoms with Crippen LogP contribution in [0.5, 0.6) is 0 Å². The maximum Gasteiger partial charge on any atom is 0.162 e. The van der Waals surface area contributed by atoms with E-state index in [1.165, 1.54) is 0 Å². The molecular formula is C15H20BrNO3S. The minimum absolute atomic E-state index is 0.143. The van der Waals surface area contributed by atoms with Gasteiger partial charge in [0.15, 0.2) is 15.6 Å². The molecule has 1 fully saturated rings. The van der Waals surface area contributed by atoms with Crippen molar-refractivity contribution in [1.29, 1.82) is 0 Å². The smallest absolute Gasteiger partial charge is 0.162 e. The molecule has 1 aliphatic heterocycles. The van der Waals surface area contributed by atoms with E-state index in [2.05, 4.69) is 20.8 Å². The predicted molar refractivity (Wildman–Crippen MR) is 87.4 cm³/mol. The number of sulfone groups is 1. The molecule has 0 amide bonds. The lowest BCUT2D eigenvalue weighted by atomic mass is 10.1. The summed E-state index contributed by atoms with van der Waals surface area (Å²) in [6.45, 7) is 2.19. The van der Waals surface area contributed by atoms with Crippen molar-refractivity contribution in [3.05, 3.63) is 34.3 Å². The van der Waals surface area contributed by atoms with Crippen LogP contribution in [0.1, 0.15) is 29.6 Å². The molecule has 1 aromatic rings. The average molecular weight is 374 g/mol. The van der Waals surface area contributed by atoms with Gasteiger partial charge in [0.05, 0.1) is 11.5 Å². The SMILES string of the molecule is O=C(CCCN1CCCS(=O)(=O)CC1)c1ccc(Br)cc1. The standard InChI is InChI=1S/C15H20BrNO3S/c16-14-6-4-13(5-7-14)15(18)3-1-8-17-9-2-11-21(19,20)12-10-17/h4-7H,1-3,8-12H2. The molecule has 0 unspecified atom stereocenters. The summed E-state index contributed by atoms with van der Waals surface area (Å²) in [5, 5.41) is 0. The Balaban J connectivity index is 1.76. The van der Waals surface area contributed by atoms with Crippen LogP contribution in [-0.2, 0) is 9.84 Å². The van der Waals surface area contributed by atoms with Crippen LogP contribution in [0, 0.1) is 0 Å². The van der Waals surface area contributed by atoms with Crippen molar-refractivity contribution >= 4 is 31.6 Å². The predicted octanol–water partition coefficient (Wildman–Crippen LogP) is 2.53. The minimum atomic E-state index is -2.85. The van der Waals surface area contributed by atoms with Crippen molar-refractivity contribution in [1.82, 2.24) is 4.90 Å². The van der Waals surface area contributed by atoms with Crippen LogP contribution in [-0.4, -0.2) is 50.2 Å². The van der Waals surface area contributed by atoms with Crippen LogP contribution in [0.25, 0.3) is 0 Å². The summed E-state index contributed by atoms with van der Waals surface area (Å²) in [6.07, 6.45) is 1.98. The highest BCUT2D eigenvalue weighted by atomic mass is 79.9. The van der Waals surface area contributed by atoms with Gasteiger partial charge in [-0.2, -0.15) is 0 Å². The molecule has 1 saturated heterocycles. The molecule has 0 bridgehead atoms. The first-order chi connectivity index (χ1) is 9.96. The summed E-state index contributed by atoms with van der Waals surface area (Å²) in [6, 6.07) is 7.38. The van der Waals surface area contributed by atoms with Gasteiger partial charge in [0.25, 0.3) is 0 Å². The number of ketones is 1. The van der Waals surface area contributed by atoms with E-state index in [-0.39, 0.29) is 11.5 Å². The Morgan fingerprint density at radius 2 is 1.86 bits per heavy atom. The molecule has 1 aromatic carbocycles. The van der Waals surface area contributed by atoms with Crippen LogP contribution in [0.2, 0.25) is 0 Å². The molecule has 0 aromatic heterocycles. The molecule has 2 rings (SSSR count). The van der Waals surface area contributed by atoms with Crippen molar-refractivity contribution in [2.75, 3.05) is 31.1 Å². The molecule has 0 N–H and O–H groups in total. The number of halogens is 1. The van der Waals surface area contributed by atoms with Crippen LogP contribution in [0.4, 0.5) is 0 Å². The summed E-state index contributed by atoms with van der Waals surface area (Å²) in [4.78, 5) is 14.2. The van der Waals surface area contributed by atoms with Gasteiger partial charge in [0.1, 0.15) is 0 Å². The second-order valence-electron chi connectivity index (χ2n) is 5.38. The summed E-state index contributed by atoms with van der Waals surface area (Å²) in [7, 11) is -2.85. The van der Waals surface area contributed by atoms with Crippen LogP contribution >= 0.6 is 15.9 Å². The van der Waals surface area contributed by atoms with E-state index in [0.717, 1.165) is 29.5 Å². The lowest BCUT2D eigenvalue weighted by Crippen LogP contribution is -2.28. The third-order valence-corrected chi connectivity index (χ3v) is 5.94.